The van der Waals surface area contributed by atoms with E-state index in [1.54, 1.807) is 24.8 Å². The summed E-state index contributed by atoms with van der Waals surface area (Å²) in [6.07, 6.45) is 15.1. The predicted molar refractivity (Wildman–Crippen MR) is 141 cm³/mol. The third-order valence-electron chi connectivity index (χ3n) is 6.85. The van der Waals surface area contributed by atoms with Gasteiger partial charge < -0.3 is 9.72 Å². The van der Waals surface area contributed by atoms with Gasteiger partial charge in [-0.15, -0.1) is 0 Å². The van der Waals surface area contributed by atoms with Gasteiger partial charge in [0.25, 0.3) is 0 Å². The van der Waals surface area contributed by atoms with E-state index in [0.29, 0.717) is 11.5 Å². The van der Waals surface area contributed by atoms with Crippen LogP contribution in [0.15, 0.2) is 67.4 Å². The Kier molecular flexibility index (Phi) is 5.31. The maximum Gasteiger partial charge on any atom is 0.161 e. The molecule has 0 aromatic carbocycles. The summed E-state index contributed by atoms with van der Waals surface area (Å²) in [5.41, 5.74) is 7.29. The number of nitrogens with one attached hydrogen (secondary N) is 2. The number of H-pyrrole nitrogens is 2. The fourth-order valence-electron chi connectivity index (χ4n) is 4.99. The normalized spacial score (nSPS) is 14.4. The van der Waals surface area contributed by atoms with Crippen LogP contribution in [0.5, 0.6) is 5.75 Å². The lowest BCUT2D eigenvalue weighted by Crippen LogP contribution is -2.19. The number of aromatic nitrogens is 8. The largest absolute Gasteiger partial charge is 0.489 e. The van der Waals surface area contributed by atoms with Crippen molar-refractivity contribution >= 4 is 22.1 Å². The molecule has 1 aliphatic rings. The Morgan fingerprint density at radius 2 is 1.62 bits per heavy atom. The van der Waals surface area contributed by atoms with Crippen LogP contribution in [0.3, 0.4) is 0 Å². The summed E-state index contributed by atoms with van der Waals surface area (Å²) in [6, 6.07) is 11.7. The molecule has 0 bridgehead atoms. The Morgan fingerprint density at radius 1 is 0.757 bits per heavy atom. The van der Waals surface area contributed by atoms with Crippen molar-refractivity contribution in [3.05, 3.63) is 67.4 Å². The van der Waals surface area contributed by atoms with Crippen molar-refractivity contribution < 1.29 is 4.74 Å². The zero-order valence-corrected chi connectivity index (χ0v) is 20.1. The minimum atomic E-state index is 0.265. The van der Waals surface area contributed by atoms with E-state index in [9.17, 15) is 0 Å². The number of pyridine rings is 4. The molecule has 0 atom stereocenters. The summed E-state index contributed by atoms with van der Waals surface area (Å²) < 4.78 is 6.23. The Balaban J connectivity index is 1.26. The zero-order chi connectivity index (χ0) is 24.6. The Bertz CT molecular complexity index is 1700. The molecule has 1 aliphatic carbocycles. The van der Waals surface area contributed by atoms with Crippen molar-refractivity contribution in [1.82, 2.24) is 40.1 Å². The monoisotopic (exact) mass is 488 g/mol. The summed E-state index contributed by atoms with van der Waals surface area (Å²) in [5, 5.41) is 7.63. The van der Waals surface area contributed by atoms with Crippen LogP contribution in [0, 0.1) is 0 Å². The molecule has 6 aromatic rings. The van der Waals surface area contributed by atoms with E-state index in [-0.39, 0.29) is 6.10 Å². The maximum absolute atomic E-state index is 6.23. The maximum atomic E-state index is 6.23. The van der Waals surface area contributed by atoms with Gasteiger partial charge in [-0.2, -0.15) is 5.10 Å². The van der Waals surface area contributed by atoms with Crippen molar-refractivity contribution in [2.45, 2.75) is 38.2 Å². The van der Waals surface area contributed by atoms with Crippen molar-refractivity contribution in [3.63, 3.8) is 0 Å². The van der Waals surface area contributed by atoms with Crippen LogP contribution in [0.1, 0.15) is 32.1 Å². The number of aromatic amines is 2. The lowest BCUT2D eigenvalue weighted by Gasteiger charge is -2.22. The standard InChI is InChI=1S/C28H24N8O/c1-2-4-19(5-3-1)37-20-14-18(15-30-16-20)21-6-7-23-26(32-21)27(36-35-23)28-33-22-10-13-31-24(25(22)34-28)17-8-11-29-12-9-17/h6-16,19H,1-5H2,(H,33,34)(H,35,36). The lowest BCUT2D eigenvalue weighted by molar-refractivity contribution is 0.154. The van der Waals surface area contributed by atoms with Crippen LogP contribution >= 0.6 is 0 Å². The first-order valence-corrected chi connectivity index (χ1v) is 12.5. The van der Waals surface area contributed by atoms with E-state index in [1.165, 1.54) is 19.3 Å². The third kappa shape index (κ3) is 4.08. The number of hydrogen-bond acceptors (Lipinski definition) is 7. The molecule has 0 unspecified atom stereocenters. The van der Waals surface area contributed by atoms with Crippen molar-refractivity contribution in [3.8, 4) is 39.8 Å². The van der Waals surface area contributed by atoms with Crippen molar-refractivity contribution in [2.75, 3.05) is 0 Å². The van der Waals surface area contributed by atoms with Gasteiger partial charge >= 0.3 is 0 Å². The number of rotatable bonds is 5. The van der Waals surface area contributed by atoms with Crippen LogP contribution in [0.2, 0.25) is 0 Å². The van der Waals surface area contributed by atoms with E-state index in [4.69, 9.17) is 14.7 Å². The SMILES string of the molecule is c1cc(-c2nccc3[nH]c(-c4n[nH]c5ccc(-c6cncc(OC7CCCCC7)c6)nc45)nc23)ccn1. The van der Waals surface area contributed by atoms with E-state index in [1.807, 2.05) is 42.6 Å². The van der Waals surface area contributed by atoms with Gasteiger partial charge in [0.2, 0.25) is 0 Å². The molecule has 182 valence electrons. The quantitative estimate of drug-likeness (QED) is 0.318. The average Bonchev–Trinajstić information content (AvgIpc) is 3.58. The summed E-state index contributed by atoms with van der Waals surface area (Å²) in [6.45, 7) is 0. The lowest BCUT2D eigenvalue weighted by atomic mass is 9.98. The summed E-state index contributed by atoms with van der Waals surface area (Å²) in [5.74, 6) is 1.41. The molecule has 1 saturated carbocycles. The van der Waals surface area contributed by atoms with Gasteiger partial charge in [-0.3, -0.25) is 20.1 Å². The Labute approximate surface area is 212 Å². The molecule has 2 N–H and O–H groups in total. The zero-order valence-electron chi connectivity index (χ0n) is 20.1. The Morgan fingerprint density at radius 3 is 2.51 bits per heavy atom. The second-order valence-electron chi connectivity index (χ2n) is 9.33. The van der Waals surface area contributed by atoms with Gasteiger partial charge in [0.05, 0.1) is 34.7 Å². The van der Waals surface area contributed by atoms with Gasteiger partial charge in [-0.1, -0.05) is 6.42 Å². The fourth-order valence-corrected chi connectivity index (χ4v) is 4.99. The van der Waals surface area contributed by atoms with Crippen LogP contribution in [-0.2, 0) is 0 Å². The number of fused-ring (bicyclic) bond motifs is 2. The summed E-state index contributed by atoms with van der Waals surface area (Å²) >= 11 is 0. The Hall–Kier alpha value is -4.66. The molecule has 37 heavy (non-hydrogen) atoms. The van der Waals surface area contributed by atoms with Crippen LogP contribution < -0.4 is 4.74 Å². The molecule has 6 aromatic heterocycles. The third-order valence-corrected chi connectivity index (χ3v) is 6.85. The second kappa shape index (κ2) is 9.09. The summed E-state index contributed by atoms with van der Waals surface area (Å²) in [4.78, 5) is 26.3. The molecule has 7 rings (SSSR count). The molecule has 0 saturated heterocycles. The highest BCUT2D eigenvalue weighted by molar-refractivity contribution is 5.95. The van der Waals surface area contributed by atoms with E-state index >= 15 is 0 Å². The van der Waals surface area contributed by atoms with Crippen LogP contribution in [0.4, 0.5) is 0 Å². The van der Waals surface area contributed by atoms with Crippen LogP contribution in [0.25, 0.3) is 56.1 Å². The van der Waals surface area contributed by atoms with E-state index in [2.05, 4.69) is 30.1 Å². The molecule has 0 amide bonds. The highest BCUT2D eigenvalue weighted by Crippen LogP contribution is 2.31. The predicted octanol–water partition coefficient (Wildman–Crippen LogP) is 5.73. The molecule has 0 radical (unpaired) electrons. The molecule has 6 heterocycles. The first kappa shape index (κ1) is 21.6. The number of ether oxygens (including phenoxy) is 1. The molecule has 1 fully saturated rings. The van der Waals surface area contributed by atoms with E-state index < -0.39 is 0 Å². The minimum Gasteiger partial charge on any atom is -0.489 e. The van der Waals surface area contributed by atoms with E-state index in [0.717, 1.165) is 63.2 Å². The van der Waals surface area contributed by atoms with Gasteiger partial charge in [0.1, 0.15) is 16.8 Å². The molecule has 9 heteroatoms. The highest BCUT2D eigenvalue weighted by Gasteiger charge is 2.18. The summed E-state index contributed by atoms with van der Waals surface area (Å²) in [7, 11) is 0. The van der Waals surface area contributed by atoms with Gasteiger partial charge in [0, 0.05) is 35.9 Å². The van der Waals surface area contributed by atoms with Gasteiger partial charge in [-0.25, -0.2) is 9.97 Å². The highest BCUT2D eigenvalue weighted by atomic mass is 16.5. The second-order valence-corrected chi connectivity index (χ2v) is 9.33. The number of hydrogen-bond donors (Lipinski definition) is 2. The van der Waals surface area contributed by atoms with Crippen molar-refractivity contribution in [1.29, 1.82) is 0 Å². The molecule has 0 spiro atoms. The smallest absolute Gasteiger partial charge is 0.161 e. The molecule has 0 aliphatic heterocycles. The molecule has 9 nitrogen and oxygen atoms in total. The number of imidazole rings is 1. The van der Waals surface area contributed by atoms with Gasteiger partial charge in [-0.05, 0) is 62.1 Å². The minimum absolute atomic E-state index is 0.265. The van der Waals surface area contributed by atoms with Crippen molar-refractivity contribution in [2.24, 2.45) is 0 Å². The first-order valence-electron chi connectivity index (χ1n) is 12.5. The average molecular weight is 489 g/mol. The fraction of sp³-hybridized carbons (Fsp3) is 0.214. The molecular weight excluding hydrogens is 464 g/mol. The van der Waals surface area contributed by atoms with Gasteiger partial charge in [0.15, 0.2) is 11.5 Å². The number of nitrogens with zero attached hydrogens (tertiary/aromatic N) is 6. The first-order chi connectivity index (χ1) is 18.3. The van der Waals surface area contributed by atoms with Crippen LogP contribution in [-0.4, -0.2) is 46.2 Å². The topological polar surface area (TPSA) is 118 Å². The molecular formula is C28H24N8O.